The molecule has 4 N–H and O–H groups in total. The lowest BCUT2D eigenvalue weighted by Gasteiger charge is -2.21. The molecule has 1 unspecified atom stereocenters. The Balaban J connectivity index is 2.79. The van der Waals surface area contributed by atoms with Gasteiger partial charge in [-0.2, -0.15) is 0 Å². The Hall–Kier alpha value is -1.88. The number of carbonyl (C=O) groups excluding carboxylic acids is 2. The molecule has 5 heteroatoms. The van der Waals surface area contributed by atoms with E-state index in [2.05, 4.69) is 10.6 Å². The first-order valence-corrected chi connectivity index (χ1v) is 5.83. The normalized spacial score (nSPS) is 13.6. The number of nitrogens with one attached hydrogen (secondary N) is 2. The zero-order chi connectivity index (χ0) is 13.8. The number of hydrogen-bond donors (Lipinski definition) is 3. The van der Waals surface area contributed by atoms with E-state index in [0.29, 0.717) is 17.8 Å². The first-order valence-electron chi connectivity index (χ1n) is 5.83. The van der Waals surface area contributed by atoms with Gasteiger partial charge >= 0.3 is 0 Å². The summed E-state index contributed by atoms with van der Waals surface area (Å²) in [5.41, 5.74) is 6.19. The SMILES string of the molecule is CCC(C)(N)C(=O)Nc1cccc(NC(C)=O)c1. The maximum atomic E-state index is 11.9. The standard InChI is InChI=1S/C13H19N3O2/c1-4-13(3,14)12(18)16-11-7-5-6-10(8-11)15-9(2)17/h5-8H,4,14H2,1-3H3,(H,15,17)(H,16,18). The Bertz CT molecular complexity index is 455. The second-order valence-electron chi connectivity index (χ2n) is 4.49. The van der Waals surface area contributed by atoms with Crippen LogP contribution >= 0.6 is 0 Å². The highest BCUT2D eigenvalue weighted by atomic mass is 16.2. The second kappa shape index (κ2) is 5.64. The summed E-state index contributed by atoms with van der Waals surface area (Å²) >= 11 is 0. The van der Waals surface area contributed by atoms with Crippen LogP contribution in [0, 0.1) is 0 Å². The molecule has 2 amide bonds. The Kier molecular flexibility index (Phi) is 4.44. The molecule has 0 radical (unpaired) electrons. The topological polar surface area (TPSA) is 84.2 Å². The van der Waals surface area contributed by atoms with E-state index in [9.17, 15) is 9.59 Å². The summed E-state index contributed by atoms with van der Waals surface area (Å²) in [6.45, 7) is 4.96. The molecular weight excluding hydrogens is 230 g/mol. The van der Waals surface area contributed by atoms with E-state index in [1.807, 2.05) is 6.92 Å². The summed E-state index contributed by atoms with van der Waals surface area (Å²) in [7, 11) is 0. The highest BCUT2D eigenvalue weighted by Crippen LogP contribution is 2.17. The zero-order valence-corrected chi connectivity index (χ0v) is 10.9. The molecule has 0 saturated carbocycles. The molecule has 1 aromatic rings. The van der Waals surface area contributed by atoms with Gasteiger partial charge in [0.15, 0.2) is 0 Å². The maximum absolute atomic E-state index is 11.9. The lowest BCUT2D eigenvalue weighted by Crippen LogP contribution is -2.47. The van der Waals surface area contributed by atoms with Crippen LogP contribution in [0.1, 0.15) is 27.2 Å². The first-order chi connectivity index (χ1) is 8.35. The van der Waals surface area contributed by atoms with E-state index < -0.39 is 5.54 Å². The van der Waals surface area contributed by atoms with Crippen molar-refractivity contribution in [2.75, 3.05) is 10.6 Å². The predicted molar refractivity (Wildman–Crippen MR) is 72.3 cm³/mol. The smallest absolute Gasteiger partial charge is 0.244 e. The molecule has 0 aromatic heterocycles. The van der Waals surface area contributed by atoms with Crippen molar-refractivity contribution in [1.29, 1.82) is 0 Å². The van der Waals surface area contributed by atoms with E-state index in [1.165, 1.54) is 6.92 Å². The Labute approximate surface area is 107 Å². The molecule has 0 saturated heterocycles. The van der Waals surface area contributed by atoms with Crippen molar-refractivity contribution in [3.8, 4) is 0 Å². The highest BCUT2D eigenvalue weighted by molar-refractivity contribution is 5.98. The molecule has 5 nitrogen and oxygen atoms in total. The fourth-order valence-electron chi connectivity index (χ4n) is 1.31. The third-order valence-corrected chi connectivity index (χ3v) is 2.69. The van der Waals surface area contributed by atoms with Crippen LogP contribution in [0.5, 0.6) is 0 Å². The quantitative estimate of drug-likeness (QED) is 0.759. The van der Waals surface area contributed by atoms with E-state index in [-0.39, 0.29) is 11.8 Å². The van der Waals surface area contributed by atoms with Crippen LogP contribution in [0.25, 0.3) is 0 Å². The van der Waals surface area contributed by atoms with Gasteiger partial charge in [-0.1, -0.05) is 13.0 Å². The number of carbonyl (C=O) groups is 2. The fraction of sp³-hybridized carbons (Fsp3) is 0.385. The van der Waals surface area contributed by atoms with Crippen molar-refractivity contribution in [3.05, 3.63) is 24.3 Å². The molecule has 0 fully saturated rings. The van der Waals surface area contributed by atoms with Crippen molar-refractivity contribution in [3.63, 3.8) is 0 Å². The van der Waals surface area contributed by atoms with E-state index in [4.69, 9.17) is 5.73 Å². The molecule has 1 atom stereocenters. The summed E-state index contributed by atoms with van der Waals surface area (Å²) in [6.07, 6.45) is 0.546. The molecule has 0 aliphatic rings. The Morgan fingerprint density at radius 1 is 1.28 bits per heavy atom. The molecule has 1 rings (SSSR count). The van der Waals surface area contributed by atoms with Crippen molar-refractivity contribution >= 4 is 23.2 Å². The van der Waals surface area contributed by atoms with E-state index in [0.717, 1.165) is 0 Å². The molecule has 0 spiro atoms. The number of hydrogen-bond acceptors (Lipinski definition) is 3. The van der Waals surface area contributed by atoms with Crippen LogP contribution in [0.15, 0.2) is 24.3 Å². The van der Waals surface area contributed by atoms with Crippen LogP contribution in [0.2, 0.25) is 0 Å². The van der Waals surface area contributed by atoms with Crippen LogP contribution < -0.4 is 16.4 Å². The van der Waals surface area contributed by atoms with Gasteiger partial charge in [0.25, 0.3) is 0 Å². The van der Waals surface area contributed by atoms with Gasteiger partial charge in [0, 0.05) is 18.3 Å². The average Bonchev–Trinajstić information content (AvgIpc) is 2.28. The Morgan fingerprint density at radius 2 is 1.83 bits per heavy atom. The van der Waals surface area contributed by atoms with Gasteiger partial charge in [-0.05, 0) is 31.5 Å². The molecule has 18 heavy (non-hydrogen) atoms. The predicted octanol–water partition coefficient (Wildman–Crippen LogP) is 1.71. The highest BCUT2D eigenvalue weighted by Gasteiger charge is 2.25. The molecular formula is C13H19N3O2. The van der Waals surface area contributed by atoms with E-state index >= 15 is 0 Å². The van der Waals surface area contributed by atoms with Gasteiger partial charge in [0.1, 0.15) is 0 Å². The van der Waals surface area contributed by atoms with Crippen LogP contribution in [0.3, 0.4) is 0 Å². The van der Waals surface area contributed by atoms with Crippen molar-refractivity contribution in [2.24, 2.45) is 5.73 Å². The molecule has 0 aliphatic heterocycles. The summed E-state index contributed by atoms with van der Waals surface area (Å²) in [5, 5.41) is 5.38. The first kappa shape index (κ1) is 14.2. The van der Waals surface area contributed by atoms with Gasteiger partial charge in [-0.25, -0.2) is 0 Å². The third-order valence-electron chi connectivity index (χ3n) is 2.69. The minimum absolute atomic E-state index is 0.157. The molecule has 0 aliphatic carbocycles. The lowest BCUT2D eigenvalue weighted by molar-refractivity contribution is -0.120. The summed E-state index contributed by atoms with van der Waals surface area (Å²) in [6, 6.07) is 6.93. The number of rotatable bonds is 4. The van der Waals surface area contributed by atoms with Crippen molar-refractivity contribution in [1.82, 2.24) is 0 Å². The molecule has 98 valence electrons. The Morgan fingerprint density at radius 3 is 2.33 bits per heavy atom. The minimum atomic E-state index is -0.899. The number of nitrogens with two attached hydrogens (primary N) is 1. The van der Waals surface area contributed by atoms with Crippen molar-refractivity contribution in [2.45, 2.75) is 32.7 Å². The van der Waals surface area contributed by atoms with Gasteiger partial charge in [0.05, 0.1) is 5.54 Å². The van der Waals surface area contributed by atoms with Crippen LogP contribution in [0.4, 0.5) is 11.4 Å². The minimum Gasteiger partial charge on any atom is -0.326 e. The lowest BCUT2D eigenvalue weighted by atomic mass is 9.99. The second-order valence-corrected chi connectivity index (χ2v) is 4.49. The summed E-state index contributed by atoms with van der Waals surface area (Å²) in [4.78, 5) is 22.8. The monoisotopic (exact) mass is 249 g/mol. The third kappa shape index (κ3) is 3.85. The summed E-state index contributed by atoms with van der Waals surface area (Å²) < 4.78 is 0. The number of benzene rings is 1. The average molecular weight is 249 g/mol. The number of anilines is 2. The van der Waals surface area contributed by atoms with Gasteiger partial charge in [0.2, 0.25) is 11.8 Å². The maximum Gasteiger partial charge on any atom is 0.244 e. The molecule has 1 aromatic carbocycles. The summed E-state index contributed by atoms with van der Waals surface area (Å²) in [5.74, 6) is -0.402. The van der Waals surface area contributed by atoms with Crippen LogP contribution in [-0.2, 0) is 9.59 Å². The molecule has 0 heterocycles. The van der Waals surface area contributed by atoms with Crippen molar-refractivity contribution < 1.29 is 9.59 Å². The largest absolute Gasteiger partial charge is 0.326 e. The van der Waals surface area contributed by atoms with Gasteiger partial charge < -0.3 is 16.4 Å². The van der Waals surface area contributed by atoms with Gasteiger partial charge in [-0.15, -0.1) is 0 Å². The van der Waals surface area contributed by atoms with Gasteiger partial charge in [-0.3, -0.25) is 9.59 Å². The molecule has 0 bridgehead atoms. The fourth-order valence-corrected chi connectivity index (χ4v) is 1.31. The van der Waals surface area contributed by atoms with E-state index in [1.54, 1.807) is 31.2 Å². The number of amides is 2. The van der Waals surface area contributed by atoms with Crippen LogP contribution in [-0.4, -0.2) is 17.4 Å². The zero-order valence-electron chi connectivity index (χ0n) is 10.9.